The predicted octanol–water partition coefficient (Wildman–Crippen LogP) is -0.691. The number of aliphatic hydroxyl groups is 1. The third kappa shape index (κ3) is 2.80. The van der Waals surface area contributed by atoms with Crippen LogP contribution < -0.4 is 11.5 Å². The Morgan fingerprint density at radius 2 is 2.20 bits per heavy atom. The summed E-state index contributed by atoms with van der Waals surface area (Å²) in [7, 11) is 0. The first-order valence-corrected chi connectivity index (χ1v) is 3.32. The minimum atomic E-state index is -1.81. The van der Waals surface area contributed by atoms with Gasteiger partial charge in [-0.3, -0.25) is 10.5 Å². The topological polar surface area (TPSA) is 89.3 Å². The summed E-state index contributed by atoms with van der Waals surface area (Å²) < 4.78 is 0. The van der Waals surface area contributed by atoms with E-state index in [0.29, 0.717) is 6.42 Å². The molecule has 60 valence electrons. The number of carbonyl (C=O) groups excluding carboxylic acids is 1. The van der Waals surface area contributed by atoms with Gasteiger partial charge in [-0.2, -0.15) is 0 Å². The Kier molecular flexibility index (Phi) is 3.32. The zero-order valence-corrected chi connectivity index (χ0v) is 6.13. The van der Waals surface area contributed by atoms with Crippen LogP contribution in [-0.2, 0) is 4.79 Å². The maximum atomic E-state index is 10.4. The van der Waals surface area contributed by atoms with Gasteiger partial charge in [0.2, 0.25) is 0 Å². The molecule has 0 fully saturated rings. The lowest BCUT2D eigenvalue weighted by Crippen LogP contribution is -2.51. The van der Waals surface area contributed by atoms with Crippen LogP contribution >= 0.6 is 0 Å². The molecule has 0 saturated heterocycles. The van der Waals surface area contributed by atoms with Crippen molar-refractivity contribution >= 4 is 5.91 Å². The smallest absolute Gasteiger partial charge is 0.264 e. The maximum Gasteiger partial charge on any atom is 0.264 e. The largest absolute Gasteiger partial charge is 0.368 e. The van der Waals surface area contributed by atoms with Gasteiger partial charge in [-0.1, -0.05) is 13.3 Å². The van der Waals surface area contributed by atoms with Crippen molar-refractivity contribution in [1.29, 1.82) is 0 Å². The first-order valence-electron chi connectivity index (χ1n) is 3.32. The number of hydrogen-bond donors (Lipinski definition) is 3. The maximum absolute atomic E-state index is 10.4. The van der Waals surface area contributed by atoms with Crippen LogP contribution in [0, 0.1) is 0 Å². The molecule has 0 aromatic heterocycles. The number of hydrogen-bond acceptors (Lipinski definition) is 3. The summed E-state index contributed by atoms with van der Waals surface area (Å²) in [5.74, 6) is -0.860. The molecule has 0 aliphatic carbocycles. The number of amides is 1. The summed E-state index contributed by atoms with van der Waals surface area (Å²) >= 11 is 0. The molecular formula is C6H14N2O2. The third-order valence-corrected chi connectivity index (χ3v) is 1.34. The van der Waals surface area contributed by atoms with Crippen LogP contribution in [0.5, 0.6) is 0 Å². The van der Waals surface area contributed by atoms with Gasteiger partial charge in [0.25, 0.3) is 5.91 Å². The Hall–Kier alpha value is -0.610. The highest BCUT2D eigenvalue weighted by molar-refractivity contribution is 5.82. The van der Waals surface area contributed by atoms with Crippen molar-refractivity contribution < 1.29 is 9.90 Å². The zero-order valence-electron chi connectivity index (χ0n) is 6.13. The lowest BCUT2D eigenvalue weighted by molar-refractivity contribution is -0.136. The van der Waals surface area contributed by atoms with Crippen molar-refractivity contribution in [2.45, 2.75) is 31.9 Å². The van der Waals surface area contributed by atoms with Gasteiger partial charge in [-0.15, -0.1) is 0 Å². The Morgan fingerprint density at radius 3 is 2.50 bits per heavy atom. The normalized spacial score (nSPS) is 16.3. The van der Waals surface area contributed by atoms with E-state index in [-0.39, 0.29) is 6.42 Å². The molecule has 1 amide bonds. The van der Waals surface area contributed by atoms with E-state index >= 15 is 0 Å². The fourth-order valence-electron chi connectivity index (χ4n) is 0.569. The molecule has 0 radical (unpaired) electrons. The molecule has 0 aliphatic rings. The first-order chi connectivity index (χ1) is 4.50. The van der Waals surface area contributed by atoms with E-state index in [0.717, 1.165) is 6.42 Å². The van der Waals surface area contributed by atoms with Crippen LogP contribution in [0.3, 0.4) is 0 Å². The van der Waals surface area contributed by atoms with E-state index in [4.69, 9.17) is 16.6 Å². The number of nitrogens with two attached hydrogens (primary N) is 2. The highest BCUT2D eigenvalue weighted by Gasteiger charge is 2.26. The molecule has 0 heterocycles. The van der Waals surface area contributed by atoms with Crippen molar-refractivity contribution in [2.24, 2.45) is 11.5 Å². The Labute approximate surface area is 60.2 Å². The molecule has 0 aromatic rings. The summed E-state index contributed by atoms with van der Waals surface area (Å²) in [6.07, 6.45) is 1.82. The highest BCUT2D eigenvalue weighted by Crippen LogP contribution is 2.06. The number of primary amides is 1. The molecule has 0 spiro atoms. The van der Waals surface area contributed by atoms with E-state index < -0.39 is 11.6 Å². The summed E-state index contributed by atoms with van der Waals surface area (Å²) in [6, 6.07) is 0. The Morgan fingerprint density at radius 1 is 1.70 bits per heavy atom. The molecule has 4 nitrogen and oxygen atoms in total. The molecule has 0 bridgehead atoms. The van der Waals surface area contributed by atoms with Gasteiger partial charge in [0.05, 0.1) is 0 Å². The van der Waals surface area contributed by atoms with E-state index in [1.807, 2.05) is 6.92 Å². The second-order valence-electron chi connectivity index (χ2n) is 2.39. The zero-order chi connectivity index (χ0) is 8.20. The van der Waals surface area contributed by atoms with Crippen LogP contribution in [-0.4, -0.2) is 16.7 Å². The molecule has 4 heteroatoms. The number of carbonyl (C=O) groups is 1. The second kappa shape index (κ2) is 3.53. The van der Waals surface area contributed by atoms with Crippen molar-refractivity contribution in [3.63, 3.8) is 0 Å². The molecule has 0 aromatic carbocycles. The molecule has 0 rings (SSSR count). The van der Waals surface area contributed by atoms with Gasteiger partial charge in [0.1, 0.15) is 0 Å². The van der Waals surface area contributed by atoms with Crippen molar-refractivity contribution in [3.8, 4) is 0 Å². The minimum Gasteiger partial charge on any atom is -0.368 e. The lowest BCUT2D eigenvalue weighted by atomic mass is 10.1. The summed E-state index contributed by atoms with van der Waals surface area (Å²) in [4.78, 5) is 10.4. The number of rotatable bonds is 4. The van der Waals surface area contributed by atoms with Crippen LogP contribution in [0.2, 0.25) is 0 Å². The summed E-state index contributed by atoms with van der Waals surface area (Å²) in [5.41, 5.74) is 8.11. The molecule has 1 unspecified atom stereocenters. The molecule has 1 atom stereocenters. The van der Waals surface area contributed by atoms with Gasteiger partial charge >= 0.3 is 0 Å². The van der Waals surface area contributed by atoms with Crippen molar-refractivity contribution in [3.05, 3.63) is 0 Å². The highest BCUT2D eigenvalue weighted by atomic mass is 16.3. The van der Waals surface area contributed by atoms with E-state index in [9.17, 15) is 4.79 Å². The van der Waals surface area contributed by atoms with Gasteiger partial charge in [0, 0.05) is 0 Å². The Balaban J connectivity index is 3.75. The number of unbranched alkanes of at least 4 members (excludes halogenated alkanes) is 1. The minimum absolute atomic E-state index is 0.235. The van der Waals surface area contributed by atoms with Crippen LogP contribution in [0.15, 0.2) is 0 Å². The lowest BCUT2D eigenvalue weighted by Gasteiger charge is -2.17. The molecule has 5 N–H and O–H groups in total. The predicted molar refractivity (Wildman–Crippen MR) is 37.9 cm³/mol. The van der Waals surface area contributed by atoms with E-state index in [2.05, 4.69) is 0 Å². The third-order valence-electron chi connectivity index (χ3n) is 1.34. The van der Waals surface area contributed by atoms with Crippen LogP contribution in [0.4, 0.5) is 0 Å². The quantitative estimate of drug-likeness (QED) is 0.458. The van der Waals surface area contributed by atoms with E-state index in [1.54, 1.807) is 0 Å². The molecular weight excluding hydrogens is 132 g/mol. The van der Waals surface area contributed by atoms with Crippen LogP contribution in [0.1, 0.15) is 26.2 Å². The molecule has 0 saturated carbocycles. The fraction of sp³-hybridized carbons (Fsp3) is 0.833. The standard InChI is InChI=1S/C6H14N2O2/c1-2-3-4-6(8,10)5(7)9/h10H,2-4,8H2,1H3,(H2,7,9). The van der Waals surface area contributed by atoms with Gasteiger partial charge in [-0.05, 0) is 12.8 Å². The van der Waals surface area contributed by atoms with E-state index in [1.165, 1.54) is 0 Å². The SMILES string of the molecule is CCCCC(N)(O)C(N)=O. The van der Waals surface area contributed by atoms with Gasteiger partial charge in [0.15, 0.2) is 5.72 Å². The fourth-order valence-corrected chi connectivity index (χ4v) is 0.569. The second-order valence-corrected chi connectivity index (χ2v) is 2.39. The van der Waals surface area contributed by atoms with Crippen LogP contribution in [0.25, 0.3) is 0 Å². The Bertz CT molecular complexity index is 123. The van der Waals surface area contributed by atoms with Crippen molar-refractivity contribution in [2.75, 3.05) is 0 Å². The monoisotopic (exact) mass is 146 g/mol. The van der Waals surface area contributed by atoms with Gasteiger partial charge in [-0.25, -0.2) is 0 Å². The summed E-state index contributed by atoms with van der Waals surface area (Å²) in [6.45, 7) is 1.94. The van der Waals surface area contributed by atoms with Crippen molar-refractivity contribution in [1.82, 2.24) is 0 Å². The van der Waals surface area contributed by atoms with Gasteiger partial charge < -0.3 is 10.8 Å². The average molecular weight is 146 g/mol. The first kappa shape index (κ1) is 9.39. The average Bonchev–Trinajstić information content (AvgIpc) is 1.84. The molecule has 10 heavy (non-hydrogen) atoms. The molecule has 0 aliphatic heterocycles. The summed E-state index contributed by atoms with van der Waals surface area (Å²) in [5, 5.41) is 9.03.